The first-order valence-corrected chi connectivity index (χ1v) is 3.59. The second-order valence-corrected chi connectivity index (χ2v) is 2.37. The SMILES string of the molecule is COC(=O)C([NH])c1ccccc1. The molecule has 1 N–H and O–H groups in total. The Morgan fingerprint density at radius 1 is 1.42 bits per heavy atom. The van der Waals surface area contributed by atoms with Gasteiger partial charge in [0, 0.05) is 0 Å². The Hall–Kier alpha value is -1.35. The minimum Gasteiger partial charge on any atom is -0.468 e. The average molecular weight is 164 g/mol. The van der Waals surface area contributed by atoms with E-state index in [2.05, 4.69) is 4.74 Å². The summed E-state index contributed by atoms with van der Waals surface area (Å²) in [5.41, 5.74) is 8.10. The molecule has 0 spiro atoms. The number of esters is 1. The van der Waals surface area contributed by atoms with Crippen LogP contribution in [0.4, 0.5) is 0 Å². The Balaban J connectivity index is 2.78. The van der Waals surface area contributed by atoms with Crippen LogP contribution >= 0.6 is 0 Å². The van der Waals surface area contributed by atoms with E-state index in [9.17, 15) is 4.79 Å². The zero-order valence-corrected chi connectivity index (χ0v) is 6.78. The highest BCUT2D eigenvalue weighted by molar-refractivity contribution is 5.76. The van der Waals surface area contributed by atoms with Crippen molar-refractivity contribution in [1.29, 1.82) is 0 Å². The highest BCUT2D eigenvalue weighted by Crippen LogP contribution is 2.11. The number of carbonyl (C=O) groups is 1. The van der Waals surface area contributed by atoms with Gasteiger partial charge in [0.25, 0.3) is 0 Å². The van der Waals surface area contributed by atoms with E-state index in [0.29, 0.717) is 5.56 Å². The molecule has 0 fully saturated rings. The van der Waals surface area contributed by atoms with Crippen LogP contribution in [0.25, 0.3) is 0 Å². The van der Waals surface area contributed by atoms with Crippen LogP contribution in [0, 0.1) is 0 Å². The van der Waals surface area contributed by atoms with Gasteiger partial charge in [-0.3, -0.25) is 0 Å². The fourth-order valence-electron chi connectivity index (χ4n) is 0.899. The highest BCUT2D eigenvalue weighted by Gasteiger charge is 2.15. The van der Waals surface area contributed by atoms with Crippen molar-refractivity contribution in [2.75, 3.05) is 7.11 Å². The lowest BCUT2D eigenvalue weighted by atomic mass is 10.1. The largest absolute Gasteiger partial charge is 0.468 e. The molecule has 12 heavy (non-hydrogen) atoms. The topological polar surface area (TPSA) is 50.1 Å². The molecule has 1 aromatic rings. The van der Waals surface area contributed by atoms with Crippen molar-refractivity contribution >= 4 is 5.97 Å². The van der Waals surface area contributed by atoms with Crippen molar-refractivity contribution < 1.29 is 9.53 Å². The van der Waals surface area contributed by atoms with Crippen LogP contribution in [0.2, 0.25) is 0 Å². The summed E-state index contributed by atoms with van der Waals surface area (Å²) in [6.45, 7) is 0. The Bertz CT molecular complexity index is 258. The summed E-state index contributed by atoms with van der Waals surface area (Å²) in [6, 6.07) is 7.97. The summed E-state index contributed by atoms with van der Waals surface area (Å²) in [5, 5.41) is 0. The number of hydrogen-bond donors (Lipinski definition) is 0. The van der Waals surface area contributed by atoms with Gasteiger partial charge in [0.1, 0.15) is 6.04 Å². The molecule has 3 nitrogen and oxygen atoms in total. The average Bonchev–Trinajstić information content (AvgIpc) is 2.17. The Kier molecular flexibility index (Phi) is 2.82. The maximum atomic E-state index is 10.9. The van der Waals surface area contributed by atoms with E-state index in [1.54, 1.807) is 24.3 Å². The number of nitrogens with one attached hydrogen (secondary N) is 1. The standard InChI is InChI=1S/C9H10NO2/c1-12-9(11)8(10)7-5-3-2-4-6-7/h2-6,8,10H,1H3. The van der Waals surface area contributed by atoms with Crippen LogP contribution in [0.5, 0.6) is 0 Å². The zero-order valence-electron chi connectivity index (χ0n) is 6.78. The first-order valence-electron chi connectivity index (χ1n) is 3.59. The monoisotopic (exact) mass is 164 g/mol. The first-order chi connectivity index (χ1) is 5.75. The maximum Gasteiger partial charge on any atom is 0.328 e. The lowest BCUT2D eigenvalue weighted by molar-refractivity contribution is -0.142. The predicted molar refractivity (Wildman–Crippen MR) is 44.3 cm³/mol. The van der Waals surface area contributed by atoms with Gasteiger partial charge in [0.05, 0.1) is 7.11 Å². The second-order valence-electron chi connectivity index (χ2n) is 2.37. The molecule has 1 rings (SSSR count). The van der Waals surface area contributed by atoms with Crippen LogP contribution in [0.1, 0.15) is 11.6 Å². The molecular formula is C9H10NO2. The quantitative estimate of drug-likeness (QED) is 0.616. The Morgan fingerprint density at radius 2 is 2.00 bits per heavy atom. The molecule has 0 aliphatic rings. The van der Waals surface area contributed by atoms with Crippen LogP contribution in [0.3, 0.4) is 0 Å². The normalized spacial score (nSPS) is 12.2. The molecular weight excluding hydrogens is 154 g/mol. The molecule has 0 aliphatic carbocycles. The second kappa shape index (κ2) is 3.88. The molecule has 0 bridgehead atoms. The van der Waals surface area contributed by atoms with Gasteiger partial charge in [0.15, 0.2) is 0 Å². The fourth-order valence-corrected chi connectivity index (χ4v) is 0.899. The highest BCUT2D eigenvalue weighted by atomic mass is 16.5. The molecule has 63 valence electrons. The summed E-state index contributed by atoms with van der Waals surface area (Å²) in [7, 11) is 1.28. The lowest BCUT2D eigenvalue weighted by Crippen LogP contribution is -2.14. The molecule has 1 aromatic carbocycles. The third-order valence-electron chi connectivity index (χ3n) is 1.57. The summed E-state index contributed by atoms with van der Waals surface area (Å²) < 4.78 is 4.44. The minimum absolute atomic E-state index is 0.527. The molecule has 0 aliphatic heterocycles. The zero-order chi connectivity index (χ0) is 8.97. The Morgan fingerprint density at radius 3 is 2.50 bits per heavy atom. The van der Waals surface area contributed by atoms with Gasteiger partial charge in [-0.25, -0.2) is 10.5 Å². The van der Waals surface area contributed by atoms with Gasteiger partial charge in [-0.1, -0.05) is 30.3 Å². The van der Waals surface area contributed by atoms with E-state index >= 15 is 0 Å². The van der Waals surface area contributed by atoms with Gasteiger partial charge in [-0.2, -0.15) is 0 Å². The van der Waals surface area contributed by atoms with Gasteiger partial charge in [-0.05, 0) is 5.56 Å². The van der Waals surface area contributed by atoms with Crippen molar-refractivity contribution in [3.8, 4) is 0 Å². The van der Waals surface area contributed by atoms with Gasteiger partial charge in [0.2, 0.25) is 0 Å². The number of rotatable bonds is 2. The number of carbonyl (C=O) groups excluding carboxylic acids is 1. The molecule has 0 amide bonds. The molecule has 0 saturated heterocycles. The third kappa shape index (κ3) is 1.83. The van der Waals surface area contributed by atoms with Crippen molar-refractivity contribution in [3.63, 3.8) is 0 Å². The van der Waals surface area contributed by atoms with E-state index in [4.69, 9.17) is 5.73 Å². The molecule has 1 unspecified atom stereocenters. The minimum atomic E-state index is -0.920. The third-order valence-corrected chi connectivity index (χ3v) is 1.57. The fraction of sp³-hybridized carbons (Fsp3) is 0.222. The maximum absolute atomic E-state index is 10.9. The molecule has 0 aromatic heterocycles. The van der Waals surface area contributed by atoms with E-state index in [1.807, 2.05) is 6.07 Å². The van der Waals surface area contributed by atoms with E-state index in [0.717, 1.165) is 0 Å². The first kappa shape index (κ1) is 8.74. The van der Waals surface area contributed by atoms with Crippen LogP contribution < -0.4 is 5.73 Å². The summed E-state index contributed by atoms with van der Waals surface area (Å²) >= 11 is 0. The molecule has 1 atom stereocenters. The van der Waals surface area contributed by atoms with Crippen LogP contribution in [-0.4, -0.2) is 13.1 Å². The van der Waals surface area contributed by atoms with Gasteiger partial charge >= 0.3 is 5.97 Å². The predicted octanol–water partition coefficient (Wildman–Crippen LogP) is 1.18. The number of ether oxygens (including phenoxy) is 1. The smallest absolute Gasteiger partial charge is 0.328 e. The van der Waals surface area contributed by atoms with E-state index < -0.39 is 12.0 Å². The Labute approximate surface area is 71.1 Å². The summed E-state index contributed by atoms with van der Waals surface area (Å²) in [4.78, 5) is 10.9. The van der Waals surface area contributed by atoms with Crippen molar-refractivity contribution in [1.82, 2.24) is 5.73 Å². The van der Waals surface area contributed by atoms with Crippen molar-refractivity contribution in [2.24, 2.45) is 0 Å². The van der Waals surface area contributed by atoms with E-state index in [-0.39, 0.29) is 0 Å². The molecule has 0 heterocycles. The van der Waals surface area contributed by atoms with Gasteiger partial charge in [-0.15, -0.1) is 0 Å². The van der Waals surface area contributed by atoms with Crippen LogP contribution in [0.15, 0.2) is 30.3 Å². The van der Waals surface area contributed by atoms with Gasteiger partial charge < -0.3 is 4.74 Å². The number of hydrogen-bond acceptors (Lipinski definition) is 2. The van der Waals surface area contributed by atoms with Crippen molar-refractivity contribution in [2.45, 2.75) is 6.04 Å². The molecule has 0 saturated carbocycles. The number of methoxy groups -OCH3 is 1. The summed E-state index contributed by atoms with van der Waals surface area (Å²) in [6.07, 6.45) is 0. The molecule has 3 heteroatoms. The van der Waals surface area contributed by atoms with Crippen LogP contribution in [-0.2, 0) is 9.53 Å². The van der Waals surface area contributed by atoms with Crippen molar-refractivity contribution in [3.05, 3.63) is 35.9 Å². The van der Waals surface area contributed by atoms with E-state index in [1.165, 1.54) is 7.11 Å². The lowest BCUT2D eigenvalue weighted by Gasteiger charge is -2.07. The number of benzene rings is 1. The molecule has 1 radical (unpaired) electrons. The summed E-state index contributed by atoms with van der Waals surface area (Å²) in [5.74, 6) is -0.527.